The predicted octanol–water partition coefficient (Wildman–Crippen LogP) is 3.71. The second-order valence-corrected chi connectivity index (χ2v) is 5.59. The van der Waals surface area contributed by atoms with Crippen LogP contribution in [0.3, 0.4) is 0 Å². The molecule has 78 valence electrons. The summed E-state index contributed by atoms with van der Waals surface area (Å²) in [5, 5.41) is 0. The third-order valence-electron chi connectivity index (χ3n) is 3.43. The smallest absolute Gasteiger partial charge is 0.0467 e. The molecule has 0 saturated carbocycles. The van der Waals surface area contributed by atoms with E-state index in [0.717, 1.165) is 0 Å². The lowest BCUT2D eigenvalue weighted by Gasteiger charge is -2.38. The Morgan fingerprint density at radius 1 is 1.07 bits per heavy atom. The summed E-state index contributed by atoms with van der Waals surface area (Å²) < 4.78 is 0. The molecule has 0 unspecified atom stereocenters. The van der Waals surface area contributed by atoms with Crippen molar-refractivity contribution in [3.63, 3.8) is 0 Å². The Morgan fingerprint density at radius 2 is 1.64 bits per heavy atom. The minimum Gasteiger partial charge on any atom is -0.261 e. The van der Waals surface area contributed by atoms with Gasteiger partial charge in [0.2, 0.25) is 0 Å². The zero-order valence-corrected chi connectivity index (χ0v) is 10.2. The fourth-order valence-corrected chi connectivity index (χ4v) is 1.26. The third-order valence-corrected chi connectivity index (χ3v) is 3.43. The molecule has 0 aliphatic carbocycles. The number of hydrogen-bond acceptors (Lipinski definition) is 1. The molecule has 0 fully saturated rings. The summed E-state index contributed by atoms with van der Waals surface area (Å²) in [4.78, 5) is 4.48. The first-order valence-corrected chi connectivity index (χ1v) is 5.18. The van der Waals surface area contributed by atoms with Crippen LogP contribution >= 0.6 is 0 Å². The minimum absolute atomic E-state index is 0.110. The Bertz CT molecular complexity index is 318. The van der Waals surface area contributed by atoms with Crippen molar-refractivity contribution in [2.45, 2.75) is 47.0 Å². The molecule has 1 aromatic rings. The van der Waals surface area contributed by atoms with Gasteiger partial charge in [-0.15, -0.1) is 0 Å². The highest BCUT2D eigenvalue weighted by molar-refractivity contribution is 5.22. The van der Waals surface area contributed by atoms with E-state index in [9.17, 15) is 0 Å². The van der Waals surface area contributed by atoms with Crippen molar-refractivity contribution in [2.24, 2.45) is 5.41 Å². The standard InChI is InChI=1S/C13H21N/c1-10-7-8-14-11(9-10)13(5,6)12(2,3)4/h7-9H,1-6H3. The number of aryl methyl sites for hydroxylation is 1. The van der Waals surface area contributed by atoms with Gasteiger partial charge in [-0.3, -0.25) is 4.98 Å². The lowest BCUT2D eigenvalue weighted by atomic mass is 9.67. The van der Waals surface area contributed by atoms with Gasteiger partial charge >= 0.3 is 0 Å². The fourth-order valence-electron chi connectivity index (χ4n) is 1.26. The van der Waals surface area contributed by atoms with Crippen molar-refractivity contribution in [1.82, 2.24) is 4.98 Å². The molecule has 1 nitrogen and oxygen atoms in total. The van der Waals surface area contributed by atoms with Gasteiger partial charge < -0.3 is 0 Å². The lowest BCUT2D eigenvalue weighted by Crippen LogP contribution is -2.34. The van der Waals surface area contributed by atoms with Gasteiger partial charge in [0.25, 0.3) is 0 Å². The van der Waals surface area contributed by atoms with Crippen molar-refractivity contribution in [1.29, 1.82) is 0 Å². The maximum Gasteiger partial charge on any atom is 0.0467 e. The molecule has 1 heteroatoms. The molecule has 0 atom stereocenters. The van der Waals surface area contributed by atoms with Crippen molar-refractivity contribution in [2.75, 3.05) is 0 Å². The number of nitrogens with zero attached hydrogens (tertiary/aromatic N) is 1. The van der Waals surface area contributed by atoms with Crippen molar-refractivity contribution in [3.8, 4) is 0 Å². The van der Waals surface area contributed by atoms with Gasteiger partial charge in [-0.2, -0.15) is 0 Å². The largest absolute Gasteiger partial charge is 0.261 e. The van der Waals surface area contributed by atoms with Gasteiger partial charge in [-0.1, -0.05) is 34.6 Å². The SMILES string of the molecule is Cc1ccnc(C(C)(C)C(C)(C)C)c1. The zero-order valence-electron chi connectivity index (χ0n) is 10.2. The molecule has 1 heterocycles. The molecule has 0 radical (unpaired) electrons. The van der Waals surface area contributed by atoms with Crippen LogP contribution in [0.15, 0.2) is 18.3 Å². The van der Waals surface area contributed by atoms with E-state index in [-0.39, 0.29) is 10.8 Å². The Hall–Kier alpha value is -0.850. The molecule has 0 bridgehead atoms. The summed E-state index contributed by atoms with van der Waals surface area (Å²) in [5.74, 6) is 0. The van der Waals surface area contributed by atoms with Gasteiger partial charge in [0.1, 0.15) is 0 Å². The topological polar surface area (TPSA) is 12.9 Å². The molecule has 1 aromatic heterocycles. The van der Waals surface area contributed by atoms with Gasteiger partial charge in [0, 0.05) is 17.3 Å². The number of hydrogen-bond donors (Lipinski definition) is 0. The van der Waals surface area contributed by atoms with E-state index in [0.29, 0.717) is 0 Å². The first kappa shape index (κ1) is 11.2. The van der Waals surface area contributed by atoms with Crippen molar-refractivity contribution < 1.29 is 0 Å². The first-order valence-electron chi connectivity index (χ1n) is 5.18. The number of aromatic nitrogens is 1. The van der Waals surface area contributed by atoms with Crippen LogP contribution < -0.4 is 0 Å². The Kier molecular flexibility index (Phi) is 2.71. The van der Waals surface area contributed by atoms with Crippen LogP contribution in [0.25, 0.3) is 0 Å². The van der Waals surface area contributed by atoms with Gasteiger partial charge in [0.05, 0.1) is 0 Å². The Balaban J connectivity index is 3.16. The second kappa shape index (κ2) is 3.38. The van der Waals surface area contributed by atoms with E-state index in [1.807, 2.05) is 12.3 Å². The number of pyridine rings is 1. The highest BCUT2D eigenvalue weighted by Gasteiger charge is 2.35. The van der Waals surface area contributed by atoms with Crippen LogP contribution in [-0.4, -0.2) is 4.98 Å². The average Bonchev–Trinajstić information content (AvgIpc) is 2.02. The van der Waals surface area contributed by atoms with Gasteiger partial charge in [-0.25, -0.2) is 0 Å². The van der Waals surface area contributed by atoms with Crippen molar-refractivity contribution >= 4 is 0 Å². The van der Waals surface area contributed by atoms with Crippen LogP contribution in [0.5, 0.6) is 0 Å². The van der Waals surface area contributed by atoms with Crippen LogP contribution in [-0.2, 0) is 5.41 Å². The molecule has 0 aliphatic heterocycles. The monoisotopic (exact) mass is 191 g/mol. The maximum absolute atomic E-state index is 4.48. The molecular weight excluding hydrogens is 170 g/mol. The molecule has 0 aromatic carbocycles. The molecule has 0 N–H and O–H groups in total. The van der Waals surface area contributed by atoms with E-state index < -0.39 is 0 Å². The molecule has 0 spiro atoms. The summed E-state index contributed by atoms with van der Waals surface area (Å²) in [6.45, 7) is 13.4. The van der Waals surface area contributed by atoms with Crippen LogP contribution in [0, 0.1) is 12.3 Å². The average molecular weight is 191 g/mol. The van der Waals surface area contributed by atoms with Crippen LogP contribution in [0.4, 0.5) is 0 Å². The highest BCUT2D eigenvalue weighted by Crippen LogP contribution is 2.39. The molecule has 14 heavy (non-hydrogen) atoms. The molecule has 1 rings (SSSR count). The first-order chi connectivity index (χ1) is 6.25. The summed E-state index contributed by atoms with van der Waals surface area (Å²) in [6.07, 6.45) is 1.90. The predicted molar refractivity (Wildman–Crippen MR) is 61.5 cm³/mol. The van der Waals surface area contributed by atoms with E-state index in [2.05, 4.69) is 52.6 Å². The zero-order chi connectivity index (χ0) is 11.0. The fraction of sp³-hybridized carbons (Fsp3) is 0.615. The second-order valence-electron chi connectivity index (χ2n) is 5.59. The maximum atomic E-state index is 4.48. The molecule has 0 amide bonds. The lowest BCUT2D eigenvalue weighted by molar-refractivity contribution is 0.219. The summed E-state index contributed by atoms with van der Waals surface area (Å²) in [6, 6.07) is 4.23. The van der Waals surface area contributed by atoms with Crippen LogP contribution in [0.1, 0.15) is 45.9 Å². The summed E-state index contributed by atoms with van der Waals surface area (Å²) in [7, 11) is 0. The summed E-state index contributed by atoms with van der Waals surface area (Å²) >= 11 is 0. The van der Waals surface area contributed by atoms with Gasteiger partial charge in [-0.05, 0) is 30.0 Å². The van der Waals surface area contributed by atoms with E-state index in [1.165, 1.54) is 11.3 Å². The quantitative estimate of drug-likeness (QED) is 0.659. The van der Waals surface area contributed by atoms with Crippen LogP contribution in [0.2, 0.25) is 0 Å². The number of rotatable bonds is 1. The van der Waals surface area contributed by atoms with Crippen molar-refractivity contribution in [3.05, 3.63) is 29.6 Å². The molecular formula is C13H21N. The van der Waals surface area contributed by atoms with E-state index >= 15 is 0 Å². The normalized spacial score (nSPS) is 13.0. The van der Waals surface area contributed by atoms with E-state index in [1.54, 1.807) is 0 Å². The third kappa shape index (κ3) is 1.97. The molecule has 0 aliphatic rings. The Morgan fingerprint density at radius 3 is 2.07 bits per heavy atom. The Labute approximate surface area is 87.6 Å². The highest BCUT2D eigenvalue weighted by atomic mass is 14.7. The molecule has 0 saturated heterocycles. The summed E-state index contributed by atoms with van der Waals surface area (Å²) in [5.41, 5.74) is 2.81. The van der Waals surface area contributed by atoms with E-state index in [4.69, 9.17) is 0 Å². The minimum atomic E-state index is 0.110. The van der Waals surface area contributed by atoms with Gasteiger partial charge in [0.15, 0.2) is 0 Å².